The van der Waals surface area contributed by atoms with E-state index in [-0.39, 0.29) is 5.82 Å². The summed E-state index contributed by atoms with van der Waals surface area (Å²) in [6.07, 6.45) is 2.10. The zero-order valence-electron chi connectivity index (χ0n) is 18.2. The minimum Gasteiger partial charge on any atom is -0.465 e. The molecule has 0 saturated carbocycles. The predicted octanol–water partition coefficient (Wildman–Crippen LogP) is 4.02. The van der Waals surface area contributed by atoms with Gasteiger partial charge in [0.2, 0.25) is 0 Å². The van der Waals surface area contributed by atoms with E-state index >= 15 is 0 Å². The van der Waals surface area contributed by atoms with Gasteiger partial charge in [-0.3, -0.25) is 0 Å². The molecular weight excluding hydrogens is 395 g/mol. The van der Waals surface area contributed by atoms with Crippen molar-refractivity contribution in [2.75, 3.05) is 39.1 Å². The fourth-order valence-electron chi connectivity index (χ4n) is 4.20. The van der Waals surface area contributed by atoms with E-state index in [1.165, 1.54) is 19.2 Å². The standard InChI is InChI=1S/C24H28FN4O2/c1-4-29-13-11-19(12-14-29)28(2)23-22(16-5-8-18(25)9-6-16)26-20-10-7-17(24(30)31-3)15-21(20)27-23/h5-10,15,19,26H,4,11-14H2,1-3H3. The number of nitrogens with one attached hydrogen (secondary N) is 1. The van der Waals surface area contributed by atoms with Crippen LogP contribution in [-0.2, 0) is 4.74 Å². The molecule has 7 heteroatoms. The molecule has 1 N–H and O–H groups in total. The van der Waals surface area contributed by atoms with Crippen LogP contribution < -0.4 is 10.6 Å². The number of rotatable bonds is 5. The number of fused-ring (bicyclic) bond motifs is 1. The lowest BCUT2D eigenvalue weighted by Crippen LogP contribution is -2.44. The maximum atomic E-state index is 13.5. The zero-order chi connectivity index (χ0) is 22.0. The van der Waals surface area contributed by atoms with E-state index in [1.54, 1.807) is 24.3 Å². The molecule has 2 aromatic rings. The van der Waals surface area contributed by atoms with Crippen LogP contribution in [0.15, 0.2) is 48.3 Å². The first kappa shape index (κ1) is 21.2. The molecule has 0 aromatic heterocycles. The summed E-state index contributed by atoms with van der Waals surface area (Å²) in [6, 6.07) is 12.1. The lowest BCUT2D eigenvalue weighted by molar-refractivity contribution is 0.0600. The molecule has 2 heterocycles. The van der Waals surface area contributed by atoms with Crippen molar-refractivity contribution in [3.05, 3.63) is 65.2 Å². The molecule has 163 valence electrons. The average Bonchev–Trinajstić information content (AvgIpc) is 2.82. The van der Waals surface area contributed by atoms with E-state index in [4.69, 9.17) is 10.1 Å². The third kappa shape index (κ3) is 4.37. The van der Waals surface area contributed by atoms with E-state index in [2.05, 4.69) is 29.1 Å². The summed E-state index contributed by atoms with van der Waals surface area (Å²) in [5, 5.41) is 8.41. The molecule has 1 radical (unpaired) electrons. The Morgan fingerprint density at radius 2 is 1.94 bits per heavy atom. The molecule has 0 aliphatic carbocycles. The number of anilines is 1. The van der Waals surface area contributed by atoms with Gasteiger partial charge in [-0.2, -0.15) is 0 Å². The Balaban J connectivity index is 1.69. The van der Waals surface area contributed by atoms with Gasteiger partial charge in [0.05, 0.1) is 29.7 Å². The number of carbonyl (C=O) groups excluding carboxylic acids is 1. The highest BCUT2D eigenvalue weighted by Gasteiger charge is 2.29. The van der Waals surface area contributed by atoms with E-state index < -0.39 is 5.97 Å². The number of carbonyl (C=O) groups is 1. The van der Waals surface area contributed by atoms with Gasteiger partial charge in [-0.1, -0.05) is 6.92 Å². The fraction of sp³-hybridized carbons (Fsp3) is 0.375. The largest absolute Gasteiger partial charge is 0.465 e. The van der Waals surface area contributed by atoms with Crippen molar-refractivity contribution in [1.82, 2.24) is 15.1 Å². The van der Waals surface area contributed by atoms with Gasteiger partial charge < -0.3 is 19.9 Å². The molecule has 2 aromatic carbocycles. The number of ether oxygens (including phenoxy) is 1. The highest BCUT2D eigenvalue weighted by Crippen LogP contribution is 2.37. The Bertz CT molecular complexity index is 982. The lowest BCUT2D eigenvalue weighted by atomic mass is 10.0. The number of piperidine rings is 1. The third-order valence-electron chi connectivity index (χ3n) is 6.15. The second-order valence-corrected chi connectivity index (χ2v) is 7.94. The molecule has 0 amide bonds. The van der Waals surface area contributed by atoms with Crippen molar-refractivity contribution in [2.45, 2.75) is 25.8 Å². The normalized spacial score (nSPS) is 16.9. The Morgan fingerprint density at radius 3 is 2.58 bits per heavy atom. The van der Waals surface area contributed by atoms with Crippen molar-refractivity contribution >= 4 is 23.0 Å². The molecule has 31 heavy (non-hydrogen) atoms. The van der Waals surface area contributed by atoms with E-state index in [0.717, 1.165) is 55.2 Å². The number of nitrogens with zero attached hydrogens (tertiary/aromatic N) is 3. The molecule has 0 unspecified atom stereocenters. The predicted molar refractivity (Wildman–Crippen MR) is 119 cm³/mol. The minimum absolute atomic E-state index is 0.276. The van der Waals surface area contributed by atoms with Gasteiger partial charge in [-0.25, -0.2) is 14.5 Å². The molecule has 0 spiro atoms. The molecule has 4 rings (SSSR count). The van der Waals surface area contributed by atoms with Crippen LogP contribution in [0.2, 0.25) is 0 Å². The van der Waals surface area contributed by atoms with Crippen molar-refractivity contribution in [3.8, 4) is 0 Å². The molecule has 0 atom stereocenters. The molecular formula is C24H28FN4O2. The van der Waals surface area contributed by atoms with Crippen LogP contribution in [0.4, 0.5) is 15.8 Å². The Morgan fingerprint density at radius 1 is 1.23 bits per heavy atom. The third-order valence-corrected chi connectivity index (χ3v) is 6.15. The van der Waals surface area contributed by atoms with Crippen molar-refractivity contribution in [2.24, 2.45) is 0 Å². The maximum absolute atomic E-state index is 13.5. The van der Waals surface area contributed by atoms with Gasteiger partial charge in [0, 0.05) is 31.7 Å². The first-order valence-electron chi connectivity index (χ1n) is 10.7. The highest BCUT2D eigenvalue weighted by atomic mass is 19.1. The van der Waals surface area contributed by atoms with Crippen LogP contribution in [-0.4, -0.2) is 55.6 Å². The SMILES string of the molecule is CCN1CCC(N(C)C2=C(c3ccc(F)cc3)Nc3ccc(C(=O)OC)cc3[N]2)CC1. The van der Waals surface area contributed by atoms with Crippen LogP contribution >= 0.6 is 0 Å². The van der Waals surface area contributed by atoms with E-state index in [9.17, 15) is 9.18 Å². The number of methoxy groups -OCH3 is 1. The quantitative estimate of drug-likeness (QED) is 0.737. The molecule has 2 aliphatic heterocycles. The monoisotopic (exact) mass is 423 g/mol. The number of esters is 1. The number of likely N-dealkylation sites (tertiary alicyclic amines) is 1. The zero-order valence-corrected chi connectivity index (χ0v) is 18.2. The van der Waals surface area contributed by atoms with Gasteiger partial charge in [0.15, 0.2) is 5.82 Å². The Hall–Kier alpha value is -3.06. The number of benzene rings is 2. The summed E-state index contributed by atoms with van der Waals surface area (Å²) in [5.74, 6) is 0.117. The van der Waals surface area contributed by atoms with Gasteiger partial charge in [0.1, 0.15) is 5.82 Å². The smallest absolute Gasteiger partial charge is 0.337 e. The molecule has 1 fully saturated rings. The van der Waals surface area contributed by atoms with E-state index in [0.29, 0.717) is 17.3 Å². The number of hydrogen-bond donors (Lipinski definition) is 1. The first-order chi connectivity index (χ1) is 15.0. The van der Waals surface area contributed by atoms with Gasteiger partial charge >= 0.3 is 5.97 Å². The minimum atomic E-state index is -0.395. The summed E-state index contributed by atoms with van der Waals surface area (Å²) in [6.45, 7) is 5.37. The average molecular weight is 424 g/mol. The van der Waals surface area contributed by atoms with Gasteiger partial charge in [0.25, 0.3) is 0 Å². The second-order valence-electron chi connectivity index (χ2n) is 7.94. The molecule has 0 bridgehead atoms. The van der Waals surface area contributed by atoms with Gasteiger partial charge in [-0.15, -0.1) is 0 Å². The number of hydrogen-bond acceptors (Lipinski definition) is 5. The van der Waals surface area contributed by atoms with Crippen LogP contribution in [0, 0.1) is 5.82 Å². The lowest BCUT2D eigenvalue weighted by Gasteiger charge is -2.40. The molecule has 1 saturated heterocycles. The first-order valence-corrected chi connectivity index (χ1v) is 10.7. The Kier molecular flexibility index (Phi) is 6.13. The van der Waals surface area contributed by atoms with Gasteiger partial charge in [-0.05, 0) is 61.9 Å². The summed E-state index contributed by atoms with van der Waals surface area (Å²) in [5.41, 5.74) is 3.63. The summed E-state index contributed by atoms with van der Waals surface area (Å²) >= 11 is 0. The van der Waals surface area contributed by atoms with E-state index in [1.807, 2.05) is 6.07 Å². The molecule has 2 aliphatic rings. The summed E-state index contributed by atoms with van der Waals surface area (Å²) in [4.78, 5) is 16.7. The Labute approximate surface area is 182 Å². The van der Waals surface area contributed by atoms with Crippen LogP contribution in [0.5, 0.6) is 0 Å². The van der Waals surface area contributed by atoms with Crippen LogP contribution in [0.3, 0.4) is 0 Å². The molecule has 6 nitrogen and oxygen atoms in total. The van der Waals surface area contributed by atoms with Crippen LogP contribution in [0.25, 0.3) is 5.70 Å². The summed E-state index contributed by atoms with van der Waals surface area (Å²) in [7, 11) is 3.43. The highest BCUT2D eigenvalue weighted by molar-refractivity contribution is 5.94. The maximum Gasteiger partial charge on any atom is 0.337 e. The number of halogens is 1. The fourth-order valence-corrected chi connectivity index (χ4v) is 4.20. The van der Waals surface area contributed by atoms with Crippen molar-refractivity contribution in [3.63, 3.8) is 0 Å². The second kappa shape index (κ2) is 8.98. The van der Waals surface area contributed by atoms with Crippen molar-refractivity contribution < 1.29 is 13.9 Å². The van der Waals surface area contributed by atoms with Crippen molar-refractivity contribution in [1.29, 1.82) is 0 Å². The summed E-state index contributed by atoms with van der Waals surface area (Å²) < 4.78 is 18.4. The van der Waals surface area contributed by atoms with Crippen LogP contribution in [0.1, 0.15) is 35.7 Å². The topological polar surface area (TPSA) is 58.9 Å².